The van der Waals surface area contributed by atoms with E-state index in [0.29, 0.717) is 12.1 Å². The second-order valence-electron chi connectivity index (χ2n) is 4.35. The van der Waals surface area contributed by atoms with Crippen LogP contribution in [0.4, 0.5) is 0 Å². The molecular weight excluding hydrogens is 190 g/mol. The van der Waals surface area contributed by atoms with Crippen molar-refractivity contribution in [2.45, 2.75) is 51.7 Å². The molecule has 3 heteroatoms. The predicted octanol–water partition coefficient (Wildman–Crippen LogP) is 1.96. The highest BCUT2D eigenvalue weighted by Crippen LogP contribution is 2.11. The van der Waals surface area contributed by atoms with Crippen molar-refractivity contribution in [3.05, 3.63) is 0 Å². The van der Waals surface area contributed by atoms with Crippen LogP contribution >= 0.6 is 0 Å². The number of nitrogens with one attached hydrogen (secondary N) is 1. The Morgan fingerprint density at radius 2 is 2.40 bits per heavy atom. The van der Waals surface area contributed by atoms with Crippen LogP contribution in [0.15, 0.2) is 0 Å². The van der Waals surface area contributed by atoms with Crippen LogP contribution in [-0.4, -0.2) is 38.5 Å². The molecule has 0 saturated carbocycles. The van der Waals surface area contributed by atoms with Crippen LogP contribution in [-0.2, 0) is 9.47 Å². The summed E-state index contributed by atoms with van der Waals surface area (Å²) in [6, 6.07) is 0.612. The first-order chi connectivity index (χ1) is 7.33. The van der Waals surface area contributed by atoms with Crippen LogP contribution in [0.5, 0.6) is 0 Å². The molecule has 1 N–H and O–H groups in total. The third-order valence-electron chi connectivity index (χ3n) is 2.79. The van der Waals surface area contributed by atoms with E-state index in [1.807, 2.05) is 0 Å². The van der Waals surface area contributed by atoms with Gasteiger partial charge in [-0.25, -0.2) is 0 Å². The number of hydrogen-bond acceptors (Lipinski definition) is 3. The Morgan fingerprint density at radius 1 is 1.53 bits per heavy atom. The summed E-state index contributed by atoms with van der Waals surface area (Å²) in [5.74, 6) is 0. The van der Waals surface area contributed by atoms with Gasteiger partial charge >= 0.3 is 0 Å². The van der Waals surface area contributed by atoms with Crippen molar-refractivity contribution in [3.8, 4) is 0 Å². The summed E-state index contributed by atoms with van der Waals surface area (Å²) in [5, 5.41) is 3.44. The molecule has 0 radical (unpaired) electrons. The van der Waals surface area contributed by atoms with Gasteiger partial charge in [0.05, 0.1) is 19.3 Å². The monoisotopic (exact) mass is 215 g/mol. The van der Waals surface area contributed by atoms with Gasteiger partial charge in [0.15, 0.2) is 0 Å². The minimum absolute atomic E-state index is 0.359. The second kappa shape index (κ2) is 8.08. The number of ether oxygens (including phenoxy) is 2. The van der Waals surface area contributed by atoms with Gasteiger partial charge in [0, 0.05) is 19.2 Å². The van der Waals surface area contributed by atoms with Gasteiger partial charge in [0.1, 0.15) is 0 Å². The first-order valence-corrected chi connectivity index (χ1v) is 6.25. The molecule has 3 nitrogen and oxygen atoms in total. The third kappa shape index (κ3) is 6.13. The van der Waals surface area contributed by atoms with Crippen molar-refractivity contribution < 1.29 is 9.47 Å². The molecule has 1 aliphatic heterocycles. The van der Waals surface area contributed by atoms with E-state index in [-0.39, 0.29) is 0 Å². The van der Waals surface area contributed by atoms with E-state index in [9.17, 15) is 0 Å². The first-order valence-electron chi connectivity index (χ1n) is 6.25. The highest BCUT2D eigenvalue weighted by molar-refractivity contribution is 4.64. The molecule has 15 heavy (non-hydrogen) atoms. The summed E-state index contributed by atoms with van der Waals surface area (Å²) in [6.07, 6.45) is 5.20. The van der Waals surface area contributed by atoms with E-state index in [1.165, 1.54) is 25.7 Å². The predicted molar refractivity (Wildman–Crippen MR) is 62.2 cm³/mol. The largest absolute Gasteiger partial charge is 0.377 e. The van der Waals surface area contributed by atoms with Crippen molar-refractivity contribution in [1.29, 1.82) is 0 Å². The van der Waals surface area contributed by atoms with E-state index < -0.39 is 0 Å². The highest BCUT2D eigenvalue weighted by Gasteiger charge is 2.14. The first kappa shape index (κ1) is 12.9. The molecule has 0 aliphatic carbocycles. The molecule has 1 fully saturated rings. The lowest BCUT2D eigenvalue weighted by atomic mass is 10.2. The summed E-state index contributed by atoms with van der Waals surface area (Å²) in [7, 11) is 0. The van der Waals surface area contributed by atoms with Crippen LogP contribution in [0.2, 0.25) is 0 Å². The van der Waals surface area contributed by atoms with Gasteiger partial charge in [-0.3, -0.25) is 0 Å². The average Bonchev–Trinajstić information content (AvgIpc) is 2.70. The molecule has 2 unspecified atom stereocenters. The van der Waals surface area contributed by atoms with Crippen molar-refractivity contribution in [2.75, 3.05) is 26.4 Å². The zero-order valence-electron chi connectivity index (χ0n) is 10.1. The third-order valence-corrected chi connectivity index (χ3v) is 2.79. The normalized spacial score (nSPS) is 23.2. The standard InChI is InChI=1S/C12H25NO2/c1-3-5-11(2)13-7-9-14-10-12-6-4-8-15-12/h11-13H,3-10H2,1-2H3. The molecule has 1 rings (SSSR count). The summed E-state index contributed by atoms with van der Waals surface area (Å²) in [5.41, 5.74) is 0. The maximum Gasteiger partial charge on any atom is 0.0809 e. The van der Waals surface area contributed by atoms with Crippen LogP contribution in [0.3, 0.4) is 0 Å². The Kier molecular flexibility index (Phi) is 6.98. The zero-order valence-corrected chi connectivity index (χ0v) is 10.1. The maximum absolute atomic E-state index is 5.56. The Balaban J connectivity index is 1.84. The molecule has 2 atom stereocenters. The van der Waals surface area contributed by atoms with Crippen molar-refractivity contribution in [2.24, 2.45) is 0 Å². The lowest BCUT2D eigenvalue weighted by Gasteiger charge is -2.14. The molecule has 0 aromatic rings. The van der Waals surface area contributed by atoms with Crippen molar-refractivity contribution in [3.63, 3.8) is 0 Å². The van der Waals surface area contributed by atoms with E-state index in [1.54, 1.807) is 0 Å². The number of rotatable bonds is 8. The minimum atomic E-state index is 0.359. The lowest BCUT2D eigenvalue weighted by Crippen LogP contribution is -2.30. The summed E-state index contributed by atoms with van der Waals surface area (Å²) >= 11 is 0. The van der Waals surface area contributed by atoms with Gasteiger partial charge in [-0.2, -0.15) is 0 Å². The zero-order chi connectivity index (χ0) is 10.9. The number of hydrogen-bond donors (Lipinski definition) is 1. The van der Waals surface area contributed by atoms with E-state index in [2.05, 4.69) is 19.2 Å². The fourth-order valence-corrected chi connectivity index (χ4v) is 1.90. The topological polar surface area (TPSA) is 30.5 Å². The Bertz CT molecular complexity index is 147. The van der Waals surface area contributed by atoms with Gasteiger partial charge in [-0.05, 0) is 26.2 Å². The Hall–Kier alpha value is -0.120. The smallest absolute Gasteiger partial charge is 0.0809 e. The van der Waals surface area contributed by atoms with E-state index >= 15 is 0 Å². The molecular formula is C12H25NO2. The maximum atomic E-state index is 5.56. The molecule has 0 bridgehead atoms. The molecule has 0 spiro atoms. The fraction of sp³-hybridized carbons (Fsp3) is 1.00. The molecule has 1 aliphatic rings. The van der Waals surface area contributed by atoms with Gasteiger partial charge < -0.3 is 14.8 Å². The lowest BCUT2D eigenvalue weighted by molar-refractivity contribution is 0.0179. The van der Waals surface area contributed by atoms with Crippen LogP contribution < -0.4 is 5.32 Å². The molecule has 1 heterocycles. The summed E-state index contributed by atoms with van der Waals surface area (Å²) < 4.78 is 11.0. The van der Waals surface area contributed by atoms with Gasteiger partial charge in [0.25, 0.3) is 0 Å². The quantitative estimate of drug-likeness (QED) is 0.628. The highest BCUT2D eigenvalue weighted by atomic mass is 16.5. The molecule has 0 aromatic carbocycles. The summed E-state index contributed by atoms with van der Waals surface area (Å²) in [6.45, 7) is 7.88. The molecule has 0 aromatic heterocycles. The summed E-state index contributed by atoms with van der Waals surface area (Å²) in [4.78, 5) is 0. The van der Waals surface area contributed by atoms with Crippen LogP contribution in [0.1, 0.15) is 39.5 Å². The Labute approximate surface area is 93.5 Å². The van der Waals surface area contributed by atoms with Gasteiger partial charge in [-0.15, -0.1) is 0 Å². The SMILES string of the molecule is CCCC(C)NCCOCC1CCCO1. The average molecular weight is 215 g/mol. The second-order valence-corrected chi connectivity index (χ2v) is 4.35. The van der Waals surface area contributed by atoms with E-state index in [4.69, 9.17) is 9.47 Å². The van der Waals surface area contributed by atoms with Gasteiger partial charge in [0.2, 0.25) is 0 Å². The minimum Gasteiger partial charge on any atom is -0.377 e. The van der Waals surface area contributed by atoms with Crippen molar-refractivity contribution >= 4 is 0 Å². The van der Waals surface area contributed by atoms with Gasteiger partial charge in [-0.1, -0.05) is 13.3 Å². The van der Waals surface area contributed by atoms with Crippen molar-refractivity contribution in [1.82, 2.24) is 5.32 Å². The van der Waals surface area contributed by atoms with E-state index in [0.717, 1.165) is 26.4 Å². The van der Waals surface area contributed by atoms with Crippen LogP contribution in [0, 0.1) is 0 Å². The molecule has 1 saturated heterocycles. The van der Waals surface area contributed by atoms with Crippen LogP contribution in [0.25, 0.3) is 0 Å². The molecule has 90 valence electrons. The molecule has 0 amide bonds. The Morgan fingerprint density at radius 3 is 3.07 bits per heavy atom. The fourth-order valence-electron chi connectivity index (χ4n) is 1.90.